The molecule has 0 fully saturated rings. The molecule has 0 saturated heterocycles. The van der Waals surface area contributed by atoms with Crippen LogP contribution in [0.15, 0.2) is 24.3 Å². The summed E-state index contributed by atoms with van der Waals surface area (Å²) in [5.41, 5.74) is 1.17. The monoisotopic (exact) mass is 292 g/mol. The third kappa shape index (κ3) is 2.66. The Hall–Kier alpha value is -0.292. The van der Waals surface area contributed by atoms with Crippen LogP contribution in [0.1, 0.15) is 5.56 Å². The number of phenolic OH excluding ortho intramolecular Hbond substituents is 1. The molecule has 1 rings (SSSR count). The van der Waals surface area contributed by atoms with Crippen LogP contribution < -0.4 is 0 Å². The van der Waals surface area contributed by atoms with E-state index in [0.29, 0.717) is 5.75 Å². The minimum atomic E-state index is 0. The number of hydrogen-bond donors (Lipinski definition) is 1. The molecule has 0 aromatic heterocycles. The van der Waals surface area contributed by atoms with Crippen LogP contribution in [-0.4, -0.2) is 5.11 Å². The maximum absolute atomic E-state index is 8.76. The number of phenols is 1. The van der Waals surface area contributed by atoms with E-state index in [4.69, 9.17) is 5.11 Å². The van der Waals surface area contributed by atoms with E-state index >= 15 is 0 Å². The molecule has 9 heavy (non-hydrogen) atoms. The Morgan fingerprint density at radius 3 is 1.89 bits per heavy atom. The number of rotatable bonds is 0. The van der Waals surface area contributed by atoms with E-state index in [-0.39, 0.29) is 21.1 Å². The molecule has 0 aliphatic rings. The molecule has 48 valence electrons. The predicted octanol–water partition coefficient (Wildman–Crippen LogP) is 1.70. The molecule has 0 atom stereocenters. The Bertz CT molecular complexity index is 148. The first-order chi connectivity index (χ1) is 3.79. The normalized spacial score (nSPS) is 8.11. The SMILES string of the molecule is Cc1ccc(O)cc1.[W]. The van der Waals surface area contributed by atoms with E-state index in [9.17, 15) is 0 Å². The molecular weight excluding hydrogens is 284 g/mol. The average molecular weight is 292 g/mol. The van der Waals surface area contributed by atoms with Crippen molar-refractivity contribution in [3.8, 4) is 5.75 Å². The van der Waals surface area contributed by atoms with E-state index in [1.807, 2.05) is 19.1 Å². The quantitative estimate of drug-likeness (QED) is 0.771. The van der Waals surface area contributed by atoms with Crippen LogP contribution in [0.2, 0.25) is 0 Å². The number of benzene rings is 1. The van der Waals surface area contributed by atoms with Crippen molar-refractivity contribution in [2.24, 2.45) is 0 Å². The number of aryl methyl sites for hydroxylation is 1. The first kappa shape index (κ1) is 8.71. The van der Waals surface area contributed by atoms with Gasteiger partial charge in [0.25, 0.3) is 0 Å². The van der Waals surface area contributed by atoms with Gasteiger partial charge in [0.2, 0.25) is 0 Å². The van der Waals surface area contributed by atoms with Crippen molar-refractivity contribution < 1.29 is 26.2 Å². The maximum atomic E-state index is 8.76. The van der Waals surface area contributed by atoms with E-state index in [1.165, 1.54) is 5.56 Å². The molecule has 1 nitrogen and oxygen atoms in total. The van der Waals surface area contributed by atoms with Gasteiger partial charge in [0.1, 0.15) is 5.75 Å². The summed E-state index contributed by atoms with van der Waals surface area (Å²) >= 11 is 0. The summed E-state index contributed by atoms with van der Waals surface area (Å²) in [6.45, 7) is 1.99. The van der Waals surface area contributed by atoms with Gasteiger partial charge in [-0.15, -0.1) is 0 Å². The van der Waals surface area contributed by atoms with Crippen LogP contribution in [0.4, 0.5) is 0 Å². The molecule has 0 bridgehead atoms. The second kappa shape index (κ2) is 3.68. The zero-order chi connectivity index (χ0) is 5.98. The van der Waals surface area contributed by atoms with Crippen LogP contribution >= 0.6 is 0 Å². The third-order valence-corrected chi connectivity index (χ3v) is 1.03. The molecule has 0 radical (unpaired) electrons. The smallest absolute Gasteiger partial charge is 0.115 e. The molecule has 0 spiro atoms. The Morgan fingerprint density at radius 1 is 1.11 bits per heavy atom. The van der Waals surface area contributed by atoms with Crippen LogP contribution in [0.25, 0.3) is 0 Å². The fourth-order valence-electron chi connectivity index (χ4n) is 0.545. The van der Waals surface area contributed by atoms with Crippen molar-refractivity contribution >= 4 is 0 Å². The largest absolute Gasteiger partial charge is 0.508 e. The maximum Gasteiger partial charge on any atom is 0.115 e. The number of aromatic hydroxyl groups is 1. The van der Waals surface area contributed by atoms with E-state index in [1.54, 1.807) is 12.1 Å². The topological polar surface area (TPSA) is 20.2 Å². The summed E-state index contributed by atoms with van der Waals surface area (Å²) in [7, 11) is 0. The van der Waals surface area contributed by atoms with Gasteiger partial charge < -0.3 is 5.11 Å². The van der Waals surface area contributed by atoms with E-state index in [2.05, 4.69) is 0 Å². The Kier molecular flexibility index (Phi) is 3.56. The summed E-state index contributed by atoms with van der Waals surface area (Å²) < 4.78 is 0. The fraction of sp³-hybridized carbons (Fsp3) is 0.143. The molecule has 0 amide bonds. The Balaban J connectivity index is 0.000000640. The molecule has 1 aromatic carbocycles. The summed E-state index contributed by atoms with van der Waals surface area (Å²) in [6.07, 6.45) is 0. The summed E-state index contributed by atoms with van der Waals surface area (Å²) in [4.78, 5) is 0. The molecule has 0 saturated carbocycles. The molecule has 0 heterocycles. The van der Waals surface area contributed by atoms with Crippen LogP contribution in [0.5, 0.6) is 5.75 Å². The van der Waals surface area contributed by atoms with Crippen molar-refractivity contribution in [2.75, 3.05) is 0 Å². The Morgan fingerprint density at radius 2 is 1.56 bits per heavy atom. The third-order valence-electron chi connectivity index (χ3n) is 1.03. The van der Waals surface area contributed by atoms with Crippen molar-refractivity contribution in [1.82, 2.24) is 0 Å². The van der Waals surface area contributed by atoms with Crippen molar-refractivity contribution in [3.63, 3.8) is 0 Å². The standard InChI is InChI=1S/C7H8O.W/c1-6-2-4-7(8)5-3-6;/h2-5,8H,1H3;. The molecule has 0 unspecified atom stereocenters. The van der Waals surface area contributed by atoms with Gasteiger partial charge in [-0.05, 0) is 19.1 Å². The predicted molar refractivity (Wildman–Crippen MR) is 32.8 cm³/mol. The van der Waals surface area contributed by atoms with Crippen molar-refractivity contribution in [1.29, 1.82) is 0 Å². The molecular formula is C7H8OW. The molecule has 1 aromatic rings. The van der Waals surface area contributed by atoms with Gasteiger partial charge in [-0.2, -0.15) is 0 Å². The van der Waals surface area contributed by atoms with Gasteiger partial charge in [0.15, 0.2) is 0 Å². The van der Waals surface area contributed by atoms with E-state index < -0.39 is 0 Å². The van der Waals surface area contributed by atoms with Gasteiger partial charge in [-0.1, -0.05) is 17.7 Å². The first-order valence-corrected chi connectivity index (χ1v) is 2.54. The summed E-state index contributed by atoms with van der Waals surface area (Å²) in [6, 6.07) is 7.09. The minimum absolute atomic E-state index is 0. The molecule has 0 aliphatic heterocycles. The van der Waals surface area contributed by atoms with Gasteiger partial charge in [-0.25, -0.2) is 0 Å². The van der Waals surface area contributed by atoms with Gasteiger partial charge >= 0.3 is 0 Å². The first-order valence-electron chi connectivity index (χ1n) is 2.54. The van der Waals surface area contributed by atoms with Gasteiger partial charge in [-0.3, -0.25) is 0 Å². The Labute approximate surface area is 69.0 Å². The van der Waals surface area contributed by atoms with Crippen molar-refractivity contribution in [2.45, 2.75) is 6.92 Å². The zero-order valence-corrected chi connectivity index (χ0v) is 8.10. The van der Waals surface area contributed by atoms with E-state index in [0.717, 1.165) is 0 Å². The average Bonchev–Trinajstić information content (AvgIpc) is 1.77. The molecule has 1 N–H and O–H groups in total. The fourth-order valence-corrected chi connectivity index (χ4v) is 0.545. The molecule has 0 aliphatic carbocycles. The van der Waals surface area contributed by atoms with Crippen molar-refractivity contribution in [3.05, 3.63) is 29.8 Å². The van der Waals surface area contributed by atoms with Crippen LogP contribution in [-0.2, 0) is 21.1 Å². The molecule has 2 heteroatoms. The summed E-state index contributed by atoms with van der Waals surface area (Å²) in [5, 5.41) is 8.76. The summed E-state index contributed by atoms with van der Waals surface area (Å²) in [5.74, 6) is 0.329. The van der Waals surface area contributed by atoms with Crippen LogP contribution in [0.3, 0.4) is 0 Å². The van der Waals surface area contributed by atoms with Gasteiger partial charge in [0, 0.05) is 21.1 Å². The second-order valence-corrected chi connectivity index (χ2v) is 1.84. The zero-order valence-electron chi connectivity index (χ0n) is 5.16. The second-order valence-electron chi connectivity index (χ2n) is 1.84. The van der Waals surface area contributed by atoms with Crippen LogP contribution in [0, 0.1) is 6.92 Å². The van der Waals surface area contributed by atoms with Gasteiger partial charge in [0.05, 0.1) is 0 Å². The number of hydrogen-bond acceptors (Lipinski definition) is 1. The minimum Gasteiger partial charge on any atom is -0.508 e.